The van der Waals surface area contributed by atoms with Crippen LogP contribution in [0.3, 0.4) is 0 Å². The molecule has 6 heteroatoms. The summed E-state index contributed by atoms with van der Waals surface area (Å²) < 4.78 is 29.0. The minimum Gasteiger partial charge on any atom is -0.378 e. The van der Waals surface area contributed by atoms with Crippen LogP contribution in [-0.2, 0) is 10.0 Å². The van der Waals surface area contributed by atoms with E-state index < -0.39 is 10.0 Å². The van der Waals surface area contributed by atoms with E-state index in [1.807, 2.05) is 24.3 Å². The maximum absolute atomic E-state index is 13.0. The van der Waals surface area contributed by atoms with Crippen molar-refractivity contribution in [3.8, 4) is 0 Å². The predicted molar refractivity (Wildman–Crippen MR) is 121 cm³/mol. The van der Waals surface area contributed by atoms with Gasteiger partial charge >= 0.3 is 0 Å². The molecule has 1 saturated carbocycles. The molecule has 2 aromatic rings. The van der Waals surface area contributed by atoms with Crippen molar-refractivity contribution in [1.29, 1.82) is 0 Å². The zero-order valence-electron chi connectivity index (χ0n) is 16.9. The zero-order valence-corrected chi connectivity index (χ0v) is 18.4. The number of anilines is 1. The summed E-state index contributed by atoms with van der Waals surface area (Å²) in [6.07, 6.45) is 10.7. The lowest BCUT2D eigenvalue weighted by molar-refractivity contribution is 0.411. The number of rotatable bonds is 4. The Hall–Kier alpha value is -1.82. The molecule has 30 heavy (non-hydrogen) atoms. The molecule has 3 atom stereocenters. The van der Waals surface area contributed by atoms with E-state index in [1.165, 1.54) is 12.0 Å². The van der Waals surface area contributed by atoms with E-state index in [-0.39, 0.29) is 18.0 Å². The Balaban J connectivity index is 1.45. The van der Waals surface area contributed by atoms with Gasteiger partial charge < -0.3 is 5.32 Å². The van der Waals surface area contributed by atoms with E-state index in [1.54, 1.807) is 6.07 Å². The predicted octanol–water partition coefficient (Wildman–Crippen LogP) is 5.78. The van der Waals surface area contributed by atoms with Crippen molar-refractivity contribution in [3.63, 3.8) is 0 Å². The Kier molecular flexibility index (Phi) is 5.38. The van der Waals surface area contributed by atoms with E-state index in [9.17, 15) is 8.42 Å². The Morgan fingerprint density at radius 1 is 1.00 bits per heavy atom. The lowest BCUT2D eigenvalue weighted by Gasteiger charge is -2.37. The maximum atomic E-state index is 13.0. The second kappa shape index (κ2) is 8.03. The smallest absolute Gasteiger partial charge is 0.240 e. The van der Waals surface area contributed by atoms with Crippen LogP contribution in [-0.4, -0.2) is 14.5 Å². The fraction of sp³-hybridized carbons (Fsp3) is 0.417. The highest BCUT2D eigenvalue weighted by Crippen LogP contribution is 2.50. The van der Waals surface area contributed by atoms with Crippen molar-refractivity contribution in [3.05, 3.63) is 70.8 Å². The van der Waals surface area contributed by atoms with Gasteiger partial charge in [0, 0.05) is 22.7 Å². The molecule has 0 saturated heterocycles. The fourth-order valence-electron chi connectivity index (χ4n) is 5.25. The fourth-order valence-corrected chi connectivity index (χ4v) is 6.71. The summed E-state index contributed by atoms with van der Waals surface area (Å²) in [5, 5.41) is 4.40. The summed E-state index contributed by atoms with van der Waals surface area (Å²) in [7, 11) is -3.51. The summed E-state index contributed by atoms with van der Waals surface area (Å²) in [6, 6.07) is 13.8. The number of nitrogens with one attached hydrogen (secondary N) is 2. The lowest BCUT2D eigenvalue weighted by atomic mass is 9.77. The molecule has 158 valence electrons. The first-order chi connectivity index (χ1) is 14.5. The molecule has 5 rings (SSSR count). The molecule has 0 spiro atoms. The minimum absolute atomic E-state index is 0.0614. The van der Waals surface area contributed by atoms with Crippen molar-refractivity contribution in [2.45, 2.75) is 61.4 Å². The Bertz CT molecular complexity index is 1060. The van der Waals surface area contributed by atoms with Crippen molar-refractivity contribution in [2.24, 2.45) is 5.92 Å². The van der Waals surface area contributed by atoms with Gasteiger partial charge in [0.25, 0.3) is 0 Å². The van der Waals surface area contributed by atoms with Crippen molar-refractivity contribution in [1.82, 2.24) is 4.72 Å². The Morgan fingerprint density at radius 3 is 2.53 bits per heavy atom. The summed E-state index contributed by atoms with van der Waals surface area (Å²) in [6.45, 7) is 0. The molecular weight excluding hydrogens is 416 g/mol. The Morgan fingerprint density at radius 2 is 1.77 bits per heavy atom. The van der Waals surface area contributed by atoms with Crippen LogP contribution in [0.4, 0.5) is 5.69 Å². The third-order valence-electron chi connectivity index (χ3n) is 6.80. The van der Waals surface area contributed by atoms with Gasteiger partial charge in [-0.1, -0.05) is 55.1 Å². The van der Waals surface area contributed by atoms with Gasteiger partial charge in [-0.05, 0) is 66.6 Å². The first-order valence-corrected chi connectivity index (χ1v) is 12.7. The number of sulfonamides is 1. The van der Waals surface area contributed by atoms with Gasteiger partial charge in [-0.2, -0.15) is 0 Å². The molecule has 0 amide bonds. The monoisotopic (exact) mass is 442 g/mol. The van der Waals surface area contributed by atoms with E-state index in [4.69, 9.17) is 11.6 Å². The molecule has 3 aliphatic rings. The molecule has 0 radical (unpaired) electrons. The highest BCUT2D eigenvalue weighted by molar-refractivity contribution is 7.89. The van der Waals surface area contributed by atoms with Gasteiger partial charge in [0.2, 0.25) is 10.0 Å². The highest BCUT2D eigenvalue weighted by Gasteiger charge is 2.38. The molecule has 2 aliphatic carbocycles. The SMILES string of the molecule is O=S(=O)(NC1CCCCC1)c1ccc2c(c1)C1C=CCC1C(c1ccc(Cl)cc1)N2. The second-order valence-electron chi connectivity index (χ2n) is 8.73. The summed E-state index contributed by atoms with van der Waals surface area (Å²) in [5.74, 6) is 0.578. The summed E-state index contributed by atoms with van der Waals surface area (Å²) >= 11 is 6.08. The van der Waals surface area contributed by atoms with Crippen LogP contribution >= 0.6 is 11.6 Å². The van der Waals surface area contributed by atoms with Crippen LogP contribution in [0, 0.1) is 5.92 Å². The van der Waals surface area contributed by atoms with Gasteiger partial charge in [-0.25, -0.2) is 13.1 Å². The number of hydrogen-bond acceptors (Lipinski definition) is 3. The van der Waals surface area contributed by atoms with E-state index >= 15 is 0 Å². The third kappa shape index (κ3) is 3.79. The van der Waals surface area contributed by atoms with Crippen molar-refractivity contribution in [2.75, 3.05) is 5.32 Å². The molecule has 1 fully saturated rings. The number of allylic oxidation sites excluding steroid dienone is 2. The highest BCUT2D eigenvalue weighted by atomic mass is 35.5. The number of benzene rings is 2. The average molecular weight is 443 g/mol. The van der Waals surface area contributed by atoms with Gasteiger partial charge in [0.1, 0.15) is 0 Å². The lowest BCUT2D eigenvalue weighted by Crippen LogP contribution is -2.36. The van der Waals surface area contributed by atoms with Crippen LogP contribution < -0.4 is 10.0 Å². The van der Waals surface area contributed by atoms with Crippen molar-refractivity contribution < 1.29 is 8.42 Å². The maximum Gasteiger partial charge on any atom is 0.240 e. The molecule has 3 unspecified atom stereocenters. The summed E-state index contributed by atoms with van der Waals surface area (Å²) in [5.41, 5.74) is 3.30. The molecule has 1 aliphatic heterocycles. The minimum atomic E-state index is -3.51. The number of fused-ring (bicyclic) bond motifs is 3. The van der Waals surface area contributed by atoms with E-state index in [2.05, 4.69) is 34.3 Å². The van der Waals surface area contributed by atoms with Crippen LogP contribution in [0.1, 0.15) is 61.6 Å². The topological polar surface area (TPSA) is 58.2 Å². The average Bonchev–Trinajstić information content (AvgIpc) is 3.24. The molecule has 0 aromatic heterocycles. The van der Waals surface area contributed by atoms with Crippen LogP contribution in [0.2, 0.25) is 5.02 Å². The summed E-state index contributed by atoms with van der Waals surface area (Å²) in [4.78, 5) is 0.373. The number of halogens is 1. The normalized spacial score (nSPS) is 26.1. The third-order valence-corrected chi connectivity index (χ3v) is 8.57. The van der Waals surface area contributed by atoms with Gasteiger partial charge in [0.05, 0.1) is 10.9 Å². The molecular formula is C24H27ClN2O2S. The van der Waals surface area contributed by atoms with Gasteiger partial charge in [-0.3, -0.25) is 0 Å². The van der Waals surface area contributed by atoms with Crippen LogP contribution in [0.25, 0.3) is 0 Å². The molecule has 2 N–H and O–H groups in total. The Labute approximate surface area is 183 Å². The van der Waals surface area contributed by atoms with Gasteiger partial charge in [0.15, 0.2) is 0 Å². The number of hydrogen-bond donors (Lipinski definition) is 2. The van der Waals surface area contributed by atoms with Gasteiger partial charge in [-0.15, -0.1) is 0 Å². The largest absolute Gasteiger partial charge is 0.378 e. The quantitative estimate of drug-likeness (QED) is 0.590. The van der Waals surface area contributed by atoms with Crippen LogP contribution in [0.15, 0.2) is 59.5 Å². The van der Waals surface area contributed by atoms with E-state index in [0.717, 1.165) is 48.4 Å². The molecule has 4 nitrogen and oxygen atoms in total. The molecule has 1 heterocycles. The second-order valence-corrected chi connectivity index (χ2v) is 10.9. The van der Waals surface area contributed by atoms with Crippen molar-refractivity contribution >= 4 is 27.3 Å². The van der Waals surface area contributed by atoms with Crippen LogP contribution in [0.5, 0.6) is 0 Å². The molecule has 2 aromatic carbocycles. The first-order valence-electron chi connectivity index (χ1n) is 10.9. The standard InChI is InChI=1S/C24H27ClN2O2S/c25-17-11-9-16(10-12-17)24-21-8-4-7-20(21)22-15-19(13-14-23(22)26-24)30(28,29)27-18-5-2-1-3-6-18/h4,7,9-15,18,20-21,24,26-27H,1-3,5-6,8H2. The first kappa shape index (κ1) is 20.1. The van der Waals surface area contributed by atoms with E-state index in [0.29, 0.717) is 10.8 Å². The zero-order chi connectivity index (χ0) is 20.7. The molecule has 0 bridgehead atoms.